The maximum Gasteiger partial charge on any atom is 0.275 e. The van der Waals surface area contributed by atoms with E-state index >= 15 is 0 Å². The first kappa shape index (κ1) is 24.8. The number of amides is 2. The molecule has 1 saturated carbocycles. The number of aromatic amines is 1. The van der Waals surface area contributed by atoms with Crippen molar-refractivity contribution in [2.24, 2.45) is 5.92 Å². The lowest BCUT2D eigenvalue weighted by atomic mass is 9.86. The van der Waals surface area contributed by atoms with Crippen LogP contribution in [0, 0.1) is 5.92 Å². The summed E-state index contributed by atoms with van der Waals surface area (Å²) in [6.45, 7) is 5.12. The fourth-order valence-corrected chi connectivity index (χ4v) is 3.53. The van der Waals surface area contributed by atoms with Crippen molar-refractivity contribution in [3.8, 4) is 5.75 Å². The zero-order valence-corrected chi connectivity index (χ0v) is 18.0. The van der Waals surface area contributed by atoms with Gasteiger partial charge in [0.15, 0.2) is 11.4 Å². The predicted molar refractivity (Wildman–Crippen MR) is 113 cm³/mol. The molecular formula is C21H32F2N4O4. The Kier molecular flexibility index (Phi) is 9.42. The fraction of sp³-hybridized carbons (Fsp3) is 0.667. The number of aromatic hydroxyl groups is 1. The molecule has 0 aromatic carbocycles. The number of unbranched alkanes of at least 4 members (excludes halogenated alkanes) is 1. The molecule has 1 aliphatic carbocycles. The van der Waals surface area contributed by atoms with Gasteiger partial charge in [0.1, 0.15) is 17.9 Å². The number of carbonyl (C=O) groups is 2. The summed E-state index contributed by atoms with van der Waals surface area (Å²) in [5.41, 5.74) is -1.67. The molecule has 31 heavy (non-hydrogen) atoms. The average molecular weight is 443 g/mol. The van der Waals surface area contributed by atoms with Gasteiger partial charge in [-0.2, -0.15) is 0 Å². The van der Waals surface area contributed by atoms with Crippen LogP contribution < -0.4 is 16.1 Å². The van der Waals surface area contributed by atoms with E-state index in [0.717, 1.165) is 25.6 Å². The van der Waals surface area contributed by atoms with Gasteiger partial charge in [-0.25, -0.2) is 8.78 Å². The number of hydrogen-bond donors (Lipinski definition) is 4. The Hall–Kier alpha value is -2.49. The van der Waals surface area contributed by atoms with E-state index < -0.39 is 41.3 Å². The molecule has 2 rings (SSSR count). The number of H-pyrrole nitrogens is 1. The van der Waals surface area contributed by atoms with Crippen LogP contribution in [0.5, 0.6) is 5.75 Å². The normalized spacial score (nSPS) is 21.0. The SMILES string of the molecule is CCCCNCN(CC)C(=O)c1[nH]cc(C(=O)NC[C@@H]2CCC(F)C[C@@H]2F)c(=O)c1O. The van der Waals surface area contributed by atoms with E-state index in [9.17, 15) is 28.3 Å². The zero-order valence-electron chi connectivity index (χ0n) is 18.0. The van der Waals surface area contributed by atoms with E-state index in [1.807, 2.05) is 0 Å². The van der Waals surface area contributed by atoms with Crippen molar-refractivity contribution in [1.29, 1.82) is 0 Å². The molecule has 1 aromatic rings. The molecule has 3 atom stereocenters. The van der Waals surface area contributed by atoms with Gasteiger partial charge in [-0.05, 0) is 32.7 Å². The number of rotatable bonds is 10. The molecule has 0 aliphatic heterocycles. The van der Waals surface area contributed by atoms with Gasteiger partial charge in [0, 0.05) is 31.6 Å². The molecule has 1 aliphatic rings. The maximum atomic E-state index is 13.9. The molecule has 0 spiro atoms. The highest BCUT2D eigenvalue weighted by Crippen LogP contribution is 2.28. The second-order valence-electron chi connectivity index (χ2n) is 7.82. The van der Waals surface area contributed by atoms with Crippen LogP contribution in [0.15, 0.2) is 11.0 Å². The summed E-state index contributed by atoms with van der Waals surface area (Å²) in [5, 5.41) is 15.8. The molecule has 1 unspecified atom stereocenters. The number of pyridine rings is 1. The van der Waals surface area contributed by atoms with Crippen LogP contribution in [-0.4, -0.2) is 65.5 Å². The third-order valence-corrected chi connectivity index (χ3v) is 5.56. The second-order valence-corrected chi connectivity index (χ2v) is 7.82. The average Bonchev–Trinajstić information content (AvgIpc) is 2.74. The second kappa shape index (κ2) is 11.8. The van der Waals surface area contributed by atoms with E-state index in [1.165, 1.54) is 4.90 Å². The highest BCUT2D eigenvalue weighted by molar-refractivity contribution is 5.98. The van der Waals surface area contributed by atoms with E-state index in [1.54, 1.807) is 6.92 Å². The molecule has 1 heterocycles. The van der Waals surface area contributed by atoms with Crippen molar-refractivity contribution in [1.82, 2.24) is 20.5 Å². The fourth-order valence-electron chi connectivity index (χ4n) is 3.53. The molecule has 8 nitrogen and oxygen atoms in total. The van der Waals surface area contributed by atoms with Crippen LogP contribution in [0.1, 0.15) is 66.8 Å². The van der Waals surface area contributed by atoms with Gasteiger partial charge in [-0.1, -0.05) is 13.3 Å². The lowest BCUT2D eigenvalue weighted by Gasteiger charge is -2.28. The van der Waals surface area contributed by atoms with Crippen LogP contribution in [0.3, 0.4) is 0 Å². The number of carbonyl (C=O) groups excluding carboxylic acids is 2. The van der Waals surface area contributed by atoms with Gasteiger partial charge >= 0.3 is 0 Å². The first-order chi connectivity index (χ1) is 14.8. The molecule has 0 radical (unpaired) electrons. The summed E-state index contributed by atoms with van der Waals surface area (Å²) < 4.78 is 27.2. The van der Waals surface area contributed by atoms with Gasteiger partial charge in [0.25, 0.3) is 11.8 Å². The molecule has 4 N–H and O–H groups in total. The number of hydrogen-bond acceptors (Lipinski definition) is 5. The van der Waals surface area contributed by atoms with E-state index in [4.69, 9.17) is 0 Å². The minimum absolute atomic E-state index is 0.0410. The van der Waals surface area contributed by atoms with E-state index in [-0.39, 0.29) is 37.3 Å². The predicted octanol–water partition coefficient (Wildman–Crippen LogP) is 2.10. The Balaban J connectivity index is 2.04. The highest BCUT2D eigenvalue weighted by Gasteiger charge is 2.31. The molecule has 10 heteroatoms. The number of nitrogens with zero attached hydrogens (tertiary/aromatic N) is 1. The van der Waals surface area contributed by atoms with Crippen LogP contribution in [0.4, 0.5) is 8.78 Å². The quantitative estimate of drug-likeness (QED) is 0.327. The third kappa shape index (κ3) is 6.49. The first-order valence-electron chi connectivity index (χ1n) is 10.8. The van der Waals surface area contributed by atoms with Gasteiger partial charge < -0.3 is 20.3 Å². The summed E-state index contributed by atoms with van der Waals surface area (Å²) in [5.74, 6) is -2.73. The molecule has 1 aromatic heterocycles. The van der Waals surface area contributed by atoms with Crippen molar-refractivity contribution in [2.45, 2.75) is 58.3 Å². The smallest absolute Gasteiger partial charge is 0.275 e. The largest absolute Gasteiger partial charge is 0.503 e. The number of nitrogens with one attached hydrogen (secondary N) is 3. The lowest BCUT2D eigenvalue weighted by molar-refractivity contribution is 0.0740. The molecule has 0 saturated heterocycles. The molecule has 2 amide bonds. The highest BCUT2D eigenvalue weighted by atomic mass is 19.1. The van der Waals surface area contributed by atoms with Crippen molar-refractivity contribution < 1.29 is 23.5 Å². The van der Waals surface area contributed by atoms with Crippen LogP contribution in [0.2, 0.25) is 0 Å². The van der Waals surface area contributed by atoms with Crippen LogP contribution >= 0.6 is 0 Å². The summed E-state index contributed by atoms with van der Waals surface area (Å²) in [4.78, 5) is 41.5. The topological polar surface area (TPSA) is 115 Å². The third-order valence-electron chi connectivity index (χ3n) is 5.56. The van der Waals surface area contributed by atoms with Crippen molar-refractivity contribution in [2.75, 3.05) is 26.3 Å². The Bertz CT molecular complexity index is 817. The molecule has 0 bridgehead atoms. The van der Waals surface area contributed by atoms with Crippen molar-refractivity contribution in [3.05, 3.63) is 27.7 Å². The maximum absolute atomic E-state index is 13.9. The monoisotopic (exact) mass is 442 g/mol. The van der Waals surface area contributed by atoms with Gasteiger partial charge in [-0.15, -0.1) is 0 Å². The minimum atomic E-state index is -1.36. The Labute approximate surface area is 180 Å². The van der Waals surface area contributed by atoms with E-state index in [2.05, 4.69) is 22.5 Å². The Morgan fingerprint density at radius 3 is 2.68 bits per heavy atom. The number of alkyl halides is 2. The van der Waals surface area contributed by atoms with Gasteiger partial charge in [0.05, 0.1) is 6.67 Å². The summed E-state index contributed by atoms with van der Waals surface area (Å²) in [7, 11) is 0. The zero-order chi connectivity index (χ0) is 23.0. The summed E-state index contributed by atoms with van der Waals surface area (Å²) in [6.07, 6.45) is 0.841. The standard InChI is InChI=1S/C21H32F2N4O4/c1-3-5-8-24-12-27(4-2)21(31)17-19(29)18(28)15(11-25-17)20(30)26-10-13-6-7-14(22)9-16(13)23/h11,13-14,16,24,29H,3-10,12H2,1-2H3,(H,25,28)(H,26,30)/t13-,14?,16-/m0/s1. The van der Waals surface area contributed by atoms with Gasteiger partial charge in [0.2, 0.25) is 5.43 Å². The van der Waals surface area contributed by atoms with Crippen LogP contribution in [0.25, 0.3) is 0 Å². The number of halogens is 2. The molecule has 1 fully saturated rings. The lowest BCUT2D eigenvalue weighted by Crippen LogP contribution is -2.40. The van der Waals surface area contributed by atoms with Crippen molar-refractivity contribution >= 4 is 11.8 Å². The minimum Gasteiger partial charge on any atom is -0.503 e. The molecule has 174 valence electrons. The van der Waals surface area contributed by atoms with Gasteiger partial charge in [-0.3, -0.25) is 19.7 Å². The summed E-state index contributed by atoms with van der Waals surface area (Å²) in [6, 6.07) is 0. The first-order valence-corrected chi connectivity index (χ1v) is 10.8. The van der Waals surface area contributed by atoms with Crippen LogP contribution in [-0.2, 0) is 0 Å². The number of aromatic nitrogens is 1. The Morgan fingerprint density at radius 1 is 1.29 bits per heavy atom. The Morgan fingerprint density at radius 2 is 2.03 bits per heavy atom. The van der Waals surface area contributed by atoms with E-state index in [0.29, 0.717) is 13.0 Å². The van der Waals surface area contributed by atoms with Crippen molar-refractivity contribution in [3.63, 3.8) is 0 Å². The molecular weight excluding hydrogens is 410 g/mol. The summed E-state index contributed by atoms with van der Waals surface area (Å²) >= 11 is 0.